The lowest BCUT2D eigenvalue weighted by Gasteiger charge is -1.95. The lowest BCUT2D eigenvalue weighted by molar-refractivity contribution is 0.322. The minimum absolute atomic E-state index is 0.521. The Hall–Kier alpha value is -1.34. The van der Waals surface area contributed by atoms with Crippen LogP contribution in [0.25, 0.3) is 0 Å². The zero-order chi connectivity index (χ0) is 8.97. The Morgan fingerprint density at radius 3 is 2.92 bits per heavy atom. The number of halogens is 1. The summed E-state index contributed by atoms with van der Waals surface area (Å²) in [6.45, 7) is 0. The van der Waals surface area contributed by atoms with Gasteiger partial charge in [0.1, 0.15) is 6.07 Å². The van der Waals surface area contributed by atoms with Crippen LogP contribution in [0, 0.1) is 11.3 Å². The third-order valence-corrected chi connectivity index (χ3v) is 2.01. The number of oxime groups is 1. The topological polar surface area (TPSA) is 56.4 Å². The molecule has 0 aromatic heterocycles. The summed E-state index contributed by atoms with van der Waals surface area (Å²) in [5, 5.41) is 19.7. The summed E-state index contributed by atoms with van der Waals surface area (Å²) >= 11 is 3.21. The lowest BCUT2D eigenvalue weighted by Crippen LogP contribution is -1.84. The highest BCUT2D eigenvalue weighted by Crippen LogP contribution is 2.16. The molecule has 1 rings (SSSR count). The van der Waals surface area contributed by atoms with E-state index >= 15 is 0 Å². The normalized spacial score (nSPS) is 10.0. The maximum Gasteiger partial charge on any atom is 0.100 e. The number of hydrogen-bond acceptors (Lipinski definition) is 3. The van der Waals surface area contributed by atoms with E-state index in [1.807, 2.05) is 6.07 Å². The number of hydrogen-bond donors (Lipinski definition) is 1. The minimum Gasteiger partial charge on any atom is -0.411 e. The second kappa shape index (κ2) is 3.88. The van der Waals surface area contributed by atoms with Crippen molar-refractivity contribution in [3.63, 3.8) is 0 Å². The SMILES string of the molecule is N#Cc1cc(C=NO)ccc1Br. The molecule has 3 nitrogen and oxygen atoms in total. The van der Waals surface area contributed by atoms with Crippen molar-refractivity contribution in [3.05, 3.63) is 33.8 Å². The summed E-state index contributed by atoms with van der Waals surface area (Å²) in [5.74, 6) is 0. The van der Waals surface area contributed by atoms with Crippen molar-refractivity contribution < 1.29 is 5.21 Å². The number of rotatable bonds is 1. The summed E-state index contributed by atoms with van der Waals surface area (Å²) in [7, 11) is 0. The number of nitriles is 1. The lowest BCUT2D eigenvalue weighted by atomic mass is 10.1. The van der Waals surface area contributed by atoms with Crippen molar-refractivity contribution in [2.45, 2.75) is 0 Å². The van der Waals surface area contributed by atoms with E-state index < -0.39 is 0 Å². The smallest absolute Gasteiger partial charge is 0.100 e. The second-order valence-electron chi connectivity index (χ2n) is 2.10. The van der Waals surface area contributed by atoms with E-state index in [4.69, 9.17) is 10.5 Å². The fourth-order valence-electron chi connectivity index (χ4n) is 0.776. The monoisotopic (exact) mass is 224 g/mol. The molecule has 0 aliphatic heterocycles. The molecule has 0 bridgehead atoms. The van der Waals surface area contributed by atoms with Crippen molar-refractivity contribution >= 4 is 22.1 Å². The Morgan fingerprint density at radius 1 is 1.58 bits per heavy atom. The van der Waals surface area contributed by atoms with E-state index in [2.05, 4.69) is 21.1 Å². The summed E-state index contributed by atoms with van der Waals surface area (Å²) in [5.41, 5.74) is 1.21. The molecule has 4 heteroatoms. The number of benzene rings is 1. The molecule has 0 saturated heterocycles. The molecule has 0 aliphatic carbocycles. The molecule has 0 radical (unpaired) electrons. The molecule has 1 N–H and O–H groups in total. The van der Waals surface area contributed by atoms with Crippen molar-refractivity contribution in [2.75, 3.05) is 0 Å². The van der Waals surface area contributed by atoms with Crippen LogP contribution in [0.2, 0.25) is 0 Å². The molecule has 0 amide bonds. The maximum atomic E-state index is 8.62. The summed E-state index contributed by atoms with van der Waals surface area (Å²) in [4.78, 5) is 0. The third-order valence-electron chi connectivity index (χ3n) is 1.32. The van der Waals surface area contributed by atoms with Crippen molar-refractivity contribution in [1.29, 1.82) is 5.26 Å². The largest absolute Gasteiger partial charge is 0.411 e. The Labute approximate surface area is 78.1 Å². The van der Waals surface area contributed by atoms with Crippen LogP contribution in [0.1, 0.15) is 11.1 Å². The van der Waals surface area contributed by atoms with Crippen LogP contribution in [-0.4, -0.2) is 11.4 Å². The molecule has 1 aromatic carbocycles. The summed E-state index contributed by atoms with van der Waals surface area (Å²) < 4.78 is 0.736. The Morgan fingerprint density at radius 2 is 2.33 bits per heavy atom. The maximum absolute atomic E-state index is 8.62. The zero-order valence-corrected chi connectivity index (χ0v) is 7.62. The van der Waals surface area contributed by atoms with Crippen LogP contribution in [0.3, 0.4) is 0 Å². The highest BCUT2D eigenvalue weighted by Gasteiger charge is 1.98. The molecule has 1 aromatic rings. The molecule has 0 saturated carbocycles. The van der Waals surface area contributed by atoms with Gasteiger partial charge in [0.05, 0.1) is 11.8 Å². The molecule has 0 unspecified atom stereocenters. The van der Waals surface area contributed by atoms with Crippen LogP contribution in [0.15, 0.2) is 27.8 Å². The molecule has 12 heavy (non-hydrogen) atoms. The number of nitrogens with zero attached hydrogens (tertiary/aromatic N) is 2. The zero-order valence-electron chi connectivity index (χ0n) is 6.03. The summed E-state index contributed by atoms with van der Waals surface area (Å²) in [6.07, 6.45) is 1.27. The first-order valence-corrected chi connectivity index (χ1v) is 3.94. The Kier molecular flexibility index (Phi) is 2.83. The molecule has 0 aliphatic rings. The highest BCUT2D eigenvalue weighted by molar-refractivity contribution is 9.10. The first-order valence-electron chi connectivity index (χ1n) is 3.15. The molecule has 0 atom stereocenters. The van der Waals surface area contributed by atoms with Crippen LogP contribution in [0.4, 0.5) is 0 Å². The second-order valence-corrected chi connectivity index (χ2v) is 2.95. The van der Waals surface area contributed by atoms with Gasteiger partial charge in [0.2, 0.25) is 0 Å². The highest BCUT2D eigenvalue weighted by atomic mass is 79.9. The van der Waals surface area contributed by atoms with E-state index in [0.29, 0.717) is 11.1 Å². The van der Waals surface area contributed by atoms with Gasteiger partial charge < -0.3 is 5.21 Å². The molecule has 0 fully saturated rings. The quantitative estimate of drug-likeness (QED) is 0.452. The molecule has 0 heterocycles. The van der Waals surface area contributed by atoms with Gasteiger partial charge in [-0.25, -0.2) is 0 Å². The van der Waals surface area contributed by atoms with Gasteiger partial charge in [-0.3, -0.25) is 0 Å². The first kappa shape index (κ1) is 8.75. The van der Waals surface area contributed by atoms with Gasteiger partial charge in [-0.2, -0.15) is 5.26 Å². The van der Waals surface area contributed by atoms with Crippen molar-refractivity contribution in [3.8, 4) is 6.07 Å². The average Bonchev–Trinajstić information content (AvgIpc) is 2.09. The van der Waals surface area contributed by atoms with Crippen LogP contribution in [0.5, 0.6) is 0 Å². The van der Waals surface area contributed by atoms with E-state index in [0.717, 1.165) is 4.47 Å². The average molecular weight is 225 g/mol. The molecule has 0 spiro atoms. The predicted molar refractivity (Wildman–Crippen MR) is 48.2 cm³/mol. The van der Waals surface area contributed by atoms with Gasteiger partial charge in [0.15, 0.2) is 0 Å². The third kappa shape index (κ3) is 1.83. The summed E-state index contributed by atoms with van der Waals surface area (Å²) in [6, 6.07) is 7.11. The predicted octanol–water partition coefficient (Wildman–Crippen LogP) is 2.13. The van der Waals surface area contributed by atoms with Gasteiger partial charge in [-0.15, -0.1) is 0 Å². The molecular formula is C8H5BrN2O. The Bertz CT molecular complexity index is 355. The van der Waals surface area contributed by atoms with Gasteiger partial charge in [0, 0.05) is 4.47 Å². The molecular weight excluding hydrogens is 220 g/mol. The van der Waals surface area contributed by atoms with E-state index in [1.165, 1.54) is 6.21 Å². The first-order chi connectivity index (χ1) is 5.77. The van der Waals surface area contributed by atoms with E-state index in [-0.39, 0.29) is 0 Å². The fourth-order valence-corrected chi connectivity index (χ4v) is 1.11. The van der Waals surface area contributed by atoms with Gasteiger partial charge in [-0.05, 0) is 33.6 Å². The Balaban J connectivity index is 3.16. The van der Waals surface area contributed by atoms with Crippen LogP contribution >= 0.6 is 15.9 Å². The van der Waals surface area contributed by atoms with Crippen LogP contribution < -0.4 is 0 Å². The van der Waals surface area contributed by atoms with E-state index in [9.17, 15) is 0 Å². The fraction of sp³-hybridized carbons (Fsp3) is 0. The van der Waals surface area contributed by atoms with Crippen molar-refractivity contribution in [1.82, 2.24) is 0 Å². The van der Waals surface area contributed by atoms with Crippen LogP contribution in [-0.2, 0) is 0 Å². The van der Waals surface area contributed by atoms with Gasteiger partial charge >= 0.3 is 0 Å². The van der Waals surface area contributed by atoms with E-state index in [1.54, 1.807) is 18.2 Å². The minimum atomic E-state index is 0.521. The van der Waals surface area contributed by atoms with Crippen molar-refractivity contribution in [2.24, 2.45) is 5.16 Å². The molecule has 60 valence electrons. The standard InChI is InChI=1S/C8H5BrN2O/c9-8-2-1-6(5-11-12)3-7(8)4-10/h1-3,5,12H. The van der Waals surface area contributed by atoms with Gasteiger partial charge in [0.25, 0.3) is 0 Å². The van der Waals surface area contributed by atoms with Gasteiger partial charge in [-0.1, -0.05) is 11.2 Å².